The van der Waals surface area contributed by atoms with E-state index in [9.17, 15) is 0 Å². The lowest BCUT2D eigenvalue weighted by Gasteiger charge is -2.30. The van der Waals surface area contributed by atoms with Crippen LogP contribution in [0.5, 0.6) is 0 Å². The molecule has 4 bridgehead atoms. The van der Waals surface area contributed by atoms with Crippen molar-refractivity contribution in [2.45, 2.75) is 0 Å². The van der Waals surface area contributed by atoms with Crippen LogP contribution in [0.2, 0.25) is 15.1 Å². The third-order valence-electron chi connectivity index (χ3n) is 8.90. The zero-order valence-electron chi connectivity index (χ0n) is 24.8. The number of nitrogens with zero attached hydrogens (tertiary/aromatic N) is 4. The summed E-state index contributed by atoms with van der Waals surface area (Å²) in [7, 11) is 0. The molecule has 9 rings (SSSR count). The molecular formula is C39H23BCl3N4. The highest BCUT2D eigenvalue weighted by atomic mass is 35.5. The predicted octanol–water partition coefficient (Wildman–Crippen LogP) is 7.43. The van der Waals surface area contributed by atoms with Gasteiger partial charge in [-0.05, 0) is 65.1 Å². The summed E-state index contributed by atoms with van der Waals surface area (Å²) in [6.07, 6.45) is 4.11. The van der Waals surface area contributed by atoms with Gasteiger partial charge in [-0.15, -0.1) is 0 Å². The Morgan fingerprint density at radius 1 is 0.574 bits per heavy atom. The molecule has 0 amide bonds. The molecule has 4 nitrogen and oxygen atoms in total. The first kappa shape index (κ1) is 28.3. The summed E-state index contributed by atoms with van der Waals surface area (Å²) in [5.41, 5.74) is 10.2. The average molecular weight is 665 g/mol. The Kier molecular flexibility index (Phi) is 6.68. The number of benzene rings is 4. The molecule has 5 heterocycles. The van der Waals surface area contributed by atoms with Crippen LogP contribution in [-0.2, 0) is 0 Å². The smallest absolute Gasteiger partial charge is 0.360 e. The van der Waals surface area contributed by atoms with Gasteiger partial charge >= 0.3 is 6.98 Å². The number of hydrogen-bond acceptors (Lipinski definition) is 1. The van der Waals surface area contributed by atoms with Gasteiger partial charge in [-0.25, -0.2) is 10.3 Å². The first-order valence-electron chi connectivity index (χ1n) is 15.3. The van der Waals surface area contributed by atoms with Crippen LogP contribution in [0.25, 0.3) is 16.8 Å². The van der Waals surface area contributed by atoms with Gasteiger partial charge in [0.25, 0.3) is 0 Å². The van der Waals surface area contributed by atoms with E-state index >= 15 is 0 Å². The quantitative estimate of drug-likeness (QED) is 0.172. The fourth-order valence-corrected chi connectivity index (χ4v) is 7.86. The Morgan fingerprint density at radius 3 is 1.81 bits per heavy atom. The van der Waals surface area contributed by atoms with Crippen LogP contribution in [0.3, 0.4) is 0 Å². The molecule has 0 fully saturated rings. The molecular weight excluding hydrogens is 642 g/mol. The van der Waals surface area contributed by atoms with E-state index in [2.05, 4.69) is 124 Å². The Morgan fingerprint density at radius 2 is 1.15 bits per heavy atom. The predicted molar refractivity (Wildman–Crippen MR) is 195 cm³/mol. The highest BCUT2D eigenvalue weighted by Gasteiger charge is 2.37. The van der Waals surface area contributed by atoms with Crippen molar-refractivity contribution in [3.63, 3.8) is 0 Å². The van der Waals surface area contributed by atoms with Gasteiger partial charge < -0.3 is 8.96 Å². The van der Waals surface area contributed by atoms with Crippen molar-refractivity contribution in [1.82, 2.24) is 14.3 Å². The van der Waals surface area contributed by atoms with Gasteiger partial charge in [0.05, 0.1) is 27.1 Å². The normalized spacial score (nSPS) is 14.5. The summed E-state index contributed by atoms with van der Waals surface area (Å²) in [4.78, 5) is 5.25. The first-order valence-corrected chi connectivity index (χ1v) is 16.4. The van der Waals surface area contributed by atoms with Crippen LogP contribution in [0.4, 0.5) is 5.69 Å². The van der Waals surface area contributed by atoms with Crippen LogP contribution >= 0.6 is 34.8 Å². The van der Waals surface area contributed by atoms with Crippen molar-refractivity contribution < 1.29 is 0 Å². The van der Waals surface area contributed by atoms with Crippen LogP contribution in [-0.4, -0.2) is 21.7 Å². The number of rotatable bonds is 5. The van der Waals surface area contributed by atoms with Gasteiger partial charge in [0.1, 0.15) is 11.4 Å². The zero-order chi connectivity index (χ0) is 31.6. The van der Waals surface area contributed by atoms with E-state index < -0.39 is 0 Å². The van der Waals surface area contributed by atoms with Gasteiger partial charge in [0.15, 0.2) is 0 Å². The molecule has 0 atom stereocenters. The Hall–Kier alpha value is -4.94. The summed E-state index contributed by atoms with van der Waals surface area (Å²) >= 11 is 19.8. The zero-order valence-corrected chi connectivity index (χ0v) is 27.0. The minimum atomic E-state index is -0.234. The Balaban J connectivity index is 1.47. The van der Waals surface area contributed by atoms with Gasteiger partial charge in [-0.2, -0.15) is 0 Å². The molecule has 4 aromatic carbocycles. The highest BCUT2D eigenvalue weighted by molar-refractivity contribution is 6.71. The number of fused-ring (bicyclic) bond motifs is 1. The summed E-state index contributed by atoms with van der Waals surface area (Å²) in [6.45, 7) is -0.234. The van der Waals surface area contributed by atoms with Crippen molar-refractivity contribution in [3.8, 4) is 0 Å². The summed E-state index contributed by atoms with van der Waals surface area (Å²) < 4.78 is 4.84. The SMILES string of the molecule is Clc1cc(Cl)c([N]C2=C3C=CC(=N3)C(c3ccccc3)=c3ccc4n3B(c3ccccc3)n3c2ccc3C=4c2ccccc2)c(Cl)c1. The van der Waals surface area contributed by atoms with Crippen LogP contribution in [0, 0.1) is 0 Å². The largest absolute Gasteiger partial charge is 0.420 e. The maximum atomic E-state index is 6.75. The van der Waals surface area contributed by atoms with E-state index in [1.54, 1.807) is 12.1 Å². The summed E-state index contributed by atoms with van der Waals surface area (Å²) in [6, 6.07) is 43.8. The van der Waals surface area contributed by atoms with Crippen LogP contribution in [0.1, 0.15) is 22.5 Å². The maximum Gasteiger partial charge on any atom is 0.420 e. The number of allylic oxidation sites excluding steroid dienone is 2. The number of hydrogen-bond donors (Lipinski definition) is 0. The second-order valence-corrected chi connectivity index (χ2v) is 12.9. The molecule has 6 aromatic rings. The van der Waals surface area contributed by atoms with Crippen LogP contribution in [0.15, 0.2) is 150 Å². The summed E-state index contributed by atoms with van der Waals surface area (Å²) in [5, 5.41) is 8.59. The molecule has 1 radical (unpaired) electrons. The van der Waals surface area contributed by atoms with Crippen molar-refractivity contribution in [1.29, 1.82) is 0 Å². The standard InChI is InChI=1S/C39H23BCl3N4/c41-27-22-28(42)38(29(43)23-27)45-39-31-17-16-30(44-31)36(24-10-4-1-5-11-24)32-18-19-33-37(25-12-6-2-7-13-25)34-20-21-35(39)47(34)40(46(32)33)26-14-8-3-9-15-26/h1-23H. The van der Waals surface area contributed by atoms with Crippen molar-refractivity contribution in [3.05, 3.63) is 194 Å². The minimum absolute atomic E-state index is 0.234. The van der Waals surface area contributed by atoms with Gasteiger partial charge in [0.2, 0.25) is 0 Å². The van der Waals surface area contributed by atoms with Gasteiger partial charge in [-0.1, -0.05) is 126 Å². The topological polar surface area (TPSA) is 36.3 Å². The third kappa shape index (κ3) is 4.50. The van der Waals surface area contributed by atoms with Gasteiger partial charge in [-0.3, -0.25) is 0 Å². The summed E-state index contributed by atoms with van der Waals surface area (Å²) in [5.74, 6) is 0. The molecule has 3 aliphatic rings. The number of aromatic nitrogens is 2. The lowest BCUT2D eigenvalue weighted by molar-refractivity contribution is 0.958. The van der Waals surface area contributed by atoms with E-state index in [0.29, 0.717) is 26.5 Å². The van der Waals surface area contributed by atoms with Crippen molar-refractivity contribution >= 4 is 75.5 Å². The molecule has 0 unspecified atom stereocenters. The Bertz CT molecular complexity index is 2430. The van der Waals surface area contributed by atoms with E-state index in [-0.39, 0.29) is 6.98 Å². The molecule has 0 saturated carbocycles. The molecule has 0 saturated heterocycles. The Labute approximate surface area is 287 Å². The fraction of sp³-hybridized carbons (Fsp3) is 0. The second-order valence-electron chi connectivity index (χ2n) is 11.6. The monoisotopic (exact) mass is 663 g/mol. The molecule has 0 N–H and O–H groups in total. The van der Waals surface area contributed by atoms with E-state index in [4.69, 9.17) is 45.1 Å². The lowest BCUT2D eigenvalue weighted by atomic mass is 9.65. The minimum Gasteiger partial charge on any atom is -0.360 e. The number of halogens is 3. The lowest BCUT2D eigenvalue weighted by Crippen LogP contribution is -2.57. The van der Waals surface area contributed by atoms with Crippen molar-refractivity contribution in [2.75, 3.05) is 0 Å². The average Bonchev–Trinajstić information content (AvgIpc) is 3.85. The second kappa shape index (κ2) is 11.1. The fourth-order valence-electron chi connectivity index (χ4n) is 6.96. The van der Waals surface area contributed by atoms with Crippen molar-refractivity contribution in [2.24, 2.45) is 4.99 Å². The maximum absolute atomic E-state index is 6.75. The third-order valence-corrected chi connectivity index (χ3v) is 9.70. The van der Waals surface area contributed by atoms with E-state index in [1.807, 2.05) is 12.1 Å². The van der Waals surface area contributed by atoms with Crippen LogP contribution < -0.4 is 21.5 Å². The van der Waals surface area contributed by atoms with E-state index in [1.165, 1.54) is 0 Å². The molecule has 47 heavy (non-hydrogen) atoms. The van der Waals surface area contributed by atoms with E-state index in [0.717, 1.165) is 61.2 Å². The molecule has 0 aliphatic carbocycles. The molecule has 2 aromatic heterocycles. The molecule has 3 aliphatic heterocycles. The molecule has 223 valence electrons. The highest BCUT2D eigenvalue weighted by Crippen LogP contribution is 2.39. The molecule has 8 heteroatoms. The number of aliphatic imine (C=N–C) groups is 1. The van der Waals surface area contributed by atoms with Gasteiger partial charge in [0, 0.05) is 32.6 Å². The first-order chi connectivity index (χ1) is 23.1. The molecule has 0 spiro atoms.